The normalized spacial score (nSPS) is 19.4. The largest absolute Gasteiger partial charge is 0.381 e. The Labute approximate surface area is 99.0 Å². The summed E-state index contributed by atoms with van der Waals surface area (Å²) in [5, 5.41) is 3.28. The fourth-order valence-electron chi connectivity index (χ4n) is 1.78. The van der Waals surface area contributed by atoms with Gasteiger partial charge in [0.05, 0.1) is 11.7 Å². The highest BCUT2D eigenvalue weighted by atomic mass is 35.5. The quantitative estimate of drug-likeness (QED) is 0.830. The van der Waals surface area contributed by atoms with Crippen LogP contribution in [0, 0.1) is 5.82 Å². The van der Waals surface area contributed by atoms with E-state index < -0.39 is 0 Å². The average molecular weight is 245 g/mol. The number of halogens is 2. The first-order valence-corrected chi connectivity index (χ1v) is 5.81. The number of anilines is 1. The molecular weight excluding hydrogens is 231 g/mol. The number of pyridine rings is 1. The van der Waals surface area contributed by atoms with Crippen LogP contribution in [0.3, 0.4) is 0 Å². The smallest absolute Gasteiger partial charge is 0.141 e. The maximum absolute atomic E-state index is 12.7. The Hall–Kier alpha value is -0.870. The molecule has 2 rings (SSSR count). The van der Waals surface area contributed by atoms with E-state index in [-0.39, 0.29) is 11.4 Å². The van der Waals surface area contributed by atoms with Crippen LogP contribution >= 0.6 is 11.6 Å². The van der Waals surface area contributed by atoms with Crippen molar-refractivity contribution in [2.45, 2.75) is 18.4 Å². The molecule has 0 atom stereocenters. The first-order valence-electron chi connectivity index (χ1n) is 5.28. The minimum absolute atomic E-state index is 0.176. The summed E-state index contributed by atoms with van der Waals surface area (Å²) in [6.07, 6.45) is 2.88. The van der Waals surface area contributed by atoms with Gasteiger partial charge in [0.2, 0.25) is 0 Å². The van der Waals surface area contributed by atoms with Gasteiger partial charge >= 0.3 is 0 Å². The van der Waals surface area contributed by atoms with Crippen molar-refractivity contribution < 1.29 is 9.13 Å². The van der Waals surface area contributed by atoms with Crippen molar-refractivity contribution >= 4 is 17.4 Å². The van der Waals surface area contributed by atoms with E-state index in [1.165, 1.54) is 12.3 Å². The monoisotopic (exact) mass is 244 g/mol. The fraction of sp³-hybridized carbons (Fsp3) is 0.545. The van der Waals surface area contributed by atoms with Crippen molar-refractivity contribution in [3.8, 4) is 0 Å². The maximum Gasteiger partial charge on any atom is 0.141 e. The summed E-state index contributed by atoms with van der Waals surface area (Å²) in [7, 11) is 0. The predicted molar refractivity (Wildman–Crippen MR) is 61.3 cm³/mol. The van der Waals surface area contributed by atoms with Crippen LogP contribution in [0.5, 0.6) is 0 Å². The van der Waals surface area contributed by atoms with Crippen LogP contribution < -0.4 is 5.32 Å². The van der Waals surface area contributed by atoms with Crippen LogP contribution in [0.4, 0.5) is 10.2 Å². The lowest BCUT2D eigenvalue weighted by molar-refractivity contribution is 0.0666. The Balaban J connectivity index is 2.08. The van der Waals surface area contributed by atoms with E-state index in [0.717, 1.165) is 12.8 Å². The Morgan fingerprint density at radius 2 is 2.19 bits per heavy atom. The van der Waals surface area contributed by atoms with Crippen molar-refractivity contribution in [2.24, 2.45) is 0 Å². The molecule has 0 bridgehead atoms. The summed E-state index contributed by atoms with van der Waals surface area (Å²) in [5.41, 5.74) is -0.176. The Morgan fingerprint density at radius 3 is 2.75 bits per heavy atom. The number of alkyl halides is 1. The lowest BCUT2D eigenvalue weighted by Crippen LogP contribution is -2.45. The second-order valence-corrected chi connectivity index (χ2v) is 4.28. The molecule has 0 radical (unpaired) electrons. The number of nitrogens with one attached hydrogen (secondary N) is 1. The molecule has 1 aliphatic rings. The third-order valence-electron chi connectivity index (χ3n) is 2.83. The molecule has 1 aromatic rings. The van der Waals surface area contributed by atoms with E-state index in [1.54, 1.807) is 6.07 Å². The van der Waals surface area contributed by atoms with E-state index in [0.29, 0.717) is 24.9 Å². The number of hydrogen-bond donors (Lipinski definition) is 1. The summed E-state index contributed by atoms with van der Waals surface area (Å²) in [5.74, 6) is 0.816. The molecule has 0 unspecified atom stereocenters. The highest BCUT2D eigenvalue weighted by molar-refractivity contribution is 6.18. The zero-order valence-electron chi connectivity index (χ0n) is 8.88. The first-order chi connectivity index (χ1) is 7.74. The number of hydrogen-bond acceptors (Lipinski definition) is 3. The minimum Gasteiger partial charge on any atom is -0.381 e. The SMILES string of the molecule is Fc1ccc(NC2(CCl)CCOCC2)nc1. The molecule has 1 aliphatic heterocycles. The van der Waals surface area contributed by atoms with E-state index >= 15 is 0 Å². The summed E-state index contributed by atoms with van der Waals surface area (Å²) >= 11 is 6.00. The molecule has 16 heavy (non-hydrogen) atoms. The third-order valence-corrected chi connectivity index (χ3v) is 3.34. The highest BCUT2D eigenvalue weighted by Gasteiger charge is 2.31. The fourth-order valence-corrected chi connectivity index (χ4v) is 2.11. The van der Waals surface area contributed by atoms with Gasteiger partial charge in [0.1, 0.15) is 11.6 Å². The summed E-state index contributed by atoms with van der Waals surface area (Å²) < 4.78 is 18.0. The Bertz CT molecular complexity index is 338. The second kappa shape index (κ2) is 4.97. The zero-order valence-corrected chi connectivity index (χ0v) is 9.63. The predicted octanol–water partition coefficient (Wildman–Crippen LogP) is 2.42. The molecule has 1 fully saturated rings. The van der Waals surface area contributed by atoms with Crippen LogP contribution in [0.2, 0.25) is 0 Å². The molecule has 1 aromatic heterocycles. The van der Waals surface area contributed by atoms with Gasteiger partial charge < -0.3 is 10.1 Å². The molecule has 0 saturated carbocycles. The van der Waals surface area contributed by atoms with Gasteiger partial charge in [-0.15, -0.1) is 11.6 Å². The van der Waals surface area contributed by atoms with Gasteiger partial charge in [-0.25, -0.2) is 9.37 Å². The molecule has 0 aliphatic carbocycles. The van der Waals surface area contributed by atoms with Gasteiger partial charge in [-0.2, -0.15) is 0 Å². The molecule has 5 heteroatoms. The molecule has 88 valence electrons. The lowest BCUT2D eigenvalue weighted by atomic mass is 9.92. The van der Waals surface area contributed by atoms with Gasteiger partial charge in [0.25, 0.3) is 0 Å². The third kappa shape index (κ3) is 2.62. The van der Waals surface area contributed by atoms with Crippen LogP contribution in [0.1, 0.15) is 12.8 Å². The van der Waals surface area contributed by atoms with Gasteiger partial charge in [-0.1, -0.05) is 0 Å². The Kier molecular flexibility index (Phi) is 3.61. The van der Waals surface area contributed by atoms with Crippen LogP contribution in [-0.2, 0) is 4.74 Å². The molecular formula is C11H14ClFN2O. The van der Waals surface area contributed by atoms with Gasteiger partial charge in [0, 0.05) is 19.1 Å². The average Bonchev–Trinajstić information content (AvgIpc) is 2.33. The van der Waals surface area contributed by atoms with E-state index in [1.807, 2.05) is 0 Å². The topological polar surface area (TPSA) is 34.1 Å². The summed E-state index contributed by atoms with van der Waals surface area (Å²) in [4.78, 5) is 3.98. The number of ether oxygens (including phenoxy) is 1. The lowest BCUT2D eigenvalue weighted by Gasteiger charge is -2.36. The Morgan fingerprint density at radius 1 is 1.44 bits per heavy atom. The minimum atomic E-state index is -0.336. The van der Waals surface area contributed by atoms with Crippen LogP contribution in [0.25, 0.3) is 0 Å². The zero-order chi connectivity index (χ0) is 11.4. The van der Waals surface area contributed by atoms with Crippen LogP contribution in [-0.4, -0.2) is 29.6 Å². The molecule has 0 amide bonds. The molecule has 1 N–H and O–H groups in total. The standard InChI is InChI=1S/C11H14ClFN2O/c12-8-11(3-5-16-6-4-11)15-10-2-1-9(13)7-14-10/h1-2,7H,3-6,8H2,(H,14,15). The first kappa shape index (κ1) is 11.6. The highest BCUT2D eigenvalue weighted by Crippen LogP contribution is 2.26. The van der Waals surface area contributed by atoms with E-state index in [9.17, 15) is 4.39 Å². The molecule has 2 heterocycles. The van der Waals surface area contributed by atoms with Gasteiger partial charge in [-0.05, 0) is 25.0 Å². The summed E-state index contributed by atoms with van der Waals surface area (Å²) in [6, 6.07) is 3.01. The van der Waals surface area contributed by atoms with Crippen molar-refractivity contribution in [2.75, 3.05) is 24.4 Å². The van der Waals surface area contributed by atoms with Crippen LogP contribution in [0.15, 0.2) is 18.3 Å². The molecule has 1 saturated heterocycles. The van der Waals surface area contributed by atoms with Crippen molar-refractivity contribution in [3.05, 3.63) is 24.1 Å². The van der Waals surface area contributed by atoms with Crippen molar-refractivity contribution in [1.29, 1.82) is 0 Å². The van der Waals surface area contributed by atoms with Crippen molar-refractivity contribution in [3.63, 3.8) is 0 Å². The van der Waals surface area contributed by atoms with Gasteiger partial charge in [0.15, 0.2) is 0 Å². The van der Waals surface area contributed by atoms with E-state index in [4.69, 9.17) is 16.3 Å². The van der Waals surface area contributed by atoms with E-state index in [2.05, 4.69) is 10.3 Å². The molecule has 3 nitrogen and oxygen atoms in total. The second-order valence-electron chi connectivity index (χ2n) is 4.01. The summed E-state index contributed by atoms with van der Waals surface area (Å²) in [6.45, 7) is 1.39. The van der Waals surface area contributed by atoms with Gasteiger partial charge in [-0.3, -0.25) is 0 Å². The number of nitrogens with zero attached hydrogens (tertiary/aromatic N) is 1. The van der Waals surface area contributed by atoms with Crippen molar-refractivity contribution in [1.82, 2.24) is 4.98 Å². The number of rotatable bonds is 3. The molecule has 0 spiro atoms. The molecule has 0 aromatic carbocycles. The number of aromatic nitrogens is 1. The maximum atomic E-state index is 12.7.